The van der Waals surface area contributed by atoms with Crippen LogP contribution >= 0.6 is 0 Å². The van der Waals surface area contributed by atoms with E-state index in [4.69, 9.17) is 10.2 Å². The van der Waals surface area contributed by atoms with Crippen molar-refractivity contribution in [2.75, 3.05) is 27.2 Å². The molecule has 0 aromatic carbocycles. The molecular formula is C13H23N3O5. The normalized spacial score (nSPS) is 20.0. The highest BCUT2D eigenvalue weighted by molar-refractivity contribution is 5.83. The molecule has 0 aromatic rings. The summed E-state index contributed by atoms with van der Waals surface area (Å²) in [7, 11) is 3.61. The van der Waals surface area contributed by atoms with Crippen LogP contribution < -0.4 is 5.32 Å². The standard InChI is InChI=1S/C13H23N3O5/c1-15-7-3-4-9(15)8-16(2)13(21)14-10(12(19)20)5-6-11(17)18/h9-10H,3-8H2,1-2H3,(H,14,21)(H,17,18)(H,19,20). The smallest absolute Gasteiger partial charge is 0.326 e. The largest absolute Gasteiger partial charge is 0.481 e. The first kappa shape index (κ1) is 17.2. The maximum atomic E-state index is 12.0. The van der Waals surface area contributed by atoms with Gasteiger partial charge in [-0.25, -0.2) is 9.59 Å². The van der Waals surface area contributed by atoms with E-state index in [0.717, 1.165) is 19.4 Å². The Morgan fingerprint density at radius 1 is 1.38 bits per heavy atom. The number of amides is 2. The van der Waals surface area contributed by atoms with Crippen LogP contribution in [0.25, 0.3) is 0 Å². The molecule has 0 saturated carbocycles. The van der Waals surface area contributed by atoms with E-state index in [-0.39, 0.29) is 18.9 Å². The summed E-state index contributed by atoms with van der Waals surface area (Å²) in [6.45, 7) is 1.52. The van der Waals surface area contributed by atoms with Gasteiger partial charge in [0.05, 0.1) is 0 Å². The molecular weight excluding hydrogens is 278 g/mol. The Morgan fingerprint density at radius 3 is 2.52 bits per heavy atom. The molecule has 120 valence electrons. The second-order valence-electron chi connectivity index (χ2n) is 5.43. The number of hydrogen-bond donors (Lipinski definition) is 3. The molecule has 21 heavy (non-hydrogen) atoms. The van der Waals surface area contributed by atoms with Crippen LogP contribution in [0.3, 0.4) is 0 Å². The average molecular weight is 301 g/mol. The van der Waals surface area contributed by atoms with E-state index in [1.807, 2.05) is 7.05 Å². The van der Waals surface area contributed by atoms with E-state index in [9.17, 15) is 14.4 Å². The highest BCUT2D eigenvalue weighted by Crippen LogP contribution is 2.15. The van der Waals surface area contributed by atoms with Crippen LogP contribution in [-0.4, -0.2) is 77.3 Å². The summed E-state index contributed by atoms with van der Waals surface area (Å²) in [5.41, 5.74) is 0. The summed E-state index contributed by atoms with van der Waals surface area (Å²) in [5.74, 6) is -2.31. The summed E-state index contributed by atoms with van der Waals surface area (Å²) in [4.78, 5) is 37.1. The summed E-state index contributed by atoms with van der Waals surface area (Å²) in [6.07, 6.45) is 1.67. The zero-order valence-electron chi connectivity index (χ0n) is 12.4. The number of hydrogen-bond acceptors (Lipinski definition) is 4. The topological polar surface area (TPSA) is 110 Å². The van der Waals surface area contributed by atoms with Crippen LogP contribution in [0.5, 0.6) is 0 Å². The minimum absolute atomic E-state index is 0.131. The average Bonchev–Trinajstić information content (AvgIpc) is 2.79. The van der Waals surface area contributed by atoms with Crippen molar-refractivity contribution in [2.45, 2.75) is 37.8 Å². The van der Waals surface area contributed by atoms with Gasteiger partial charge in [-0.2, -0.15) is 0 Å². The molecule has 1 aliphatic rings. The van der Waals surface area contributed by atoms with Gasteiger partial charge in [0.15, 0.2) is 0 Å². The van der Waals surface area contributed by atoms with Gasteiger partial charge < -0.3 is 25.3 Å². The highest BCUT2D eigenvalue weighted by atomic mass is 16.4. The van der Waals surface area contributed by atoms with Crippen molar-refractivity contribution in [3.63, 3.8) is 0 Å². The second-order valence-corrected chi connectivity index (χ2v) is 5.43. The first-order valence-electron chi connectivity index (χ1n) is 6.97. The van der Waals surface area contributed by atoms with Gasteiger partial charge in [0, 0.05) is 26.1 Å². The molecule has 1 heterocycles. The van der Waals surface area contributed by atoms with Gasteiger partial charge in [-0.05, 0) is 32.9 Å². The van der Waals surface area contributed by atoms with E-state index in [1.165, 1.54) is 4.90 Å². The van der Waals surface area contributed by atoms with Crippen LogP contribution in [0.15, 0.2) is 0 Å². The Balaban J connectivity index is 2.47. The molecule has 0 aliphatic carbocycles. The summed E-state index contributed by atoms with van der Waals surface area (Å²) >= 11 is 0. The van der Waals surface area contributed by atoms with Crippen molar-refractivity contribution >= 4 is 18.0 Å². The Bertz CT molecular complexity index is 401. The molecule has 3 N–H and O–H groups in total. The van der Waals surface area contributed by atoms with Crippen molar-refractivity contribution in [3.05, 3.63) is 0 Å². The summed E-state index contributed by atoms with van der Waals surface area (Å²) < 4.78 is 0. The third-order valence-electron chi connectivity index (χ3n) is 3.75. The van der Waals surface area contributed by atoms with E-state index in [0.29, 0.717) is 6.54 Å². The number of likely N-dealkylation sites (tertiary alicyclic amines) is 1. The number of nitrogens with one attached hydrogen (secondary N) is 1. The first-order chi connectivity index (χ1) is 9.81. The number of urea groups is 1. The quantitative estimate of drug-likeness (QED) is 0.612. The monoisotopic (exact) mass is 301 g/mol. The van der Waals surface area contributed by atoms with Gasteiger partial charge >= 0.3 is 18.0 Å². The lowest BCUT2D eigenvalue weighted by molar-refractivity contribution is -0.140. The van der Waals surface area contributed by atoms with Crippen LogP contribution in [0, 0.1) is 0 Å². The van der Waals surface area contributed by atoms with Crippen molar-refractivity contribution in [1.29, 1.82) is 0 Å². The number of carbonyl (C=O) groups excluding carboxylic acids is 1. The Morgan fingerprint density at radius 2 is 2.05 bits per heavy atom. The molecule has 1 rings (SSSR count). The van der Waals surface area contributed by atoms with E-state index >= 15 is 0 Å². The maximum Gasteiger partial charge on any atom is 0.326 e. The van der Waals surface area contributed by atoms with Crippen LogP contribution in [0.4, 0.5) is 4.79 Å². The number of rotatable bonds is 7. The van der Waals surface area contributed by atoms with Gasteiger partial charge in [0.25, 0.3) is 0 Å². The van der Waals surface area contributed by atoms with E-state index in [1.54, 1.807) is 7.05 Å². The van der Waals surface area contributed by atoms with Gasteiger partial charge in [0.1, 0.15) is 6.04 Å². The summed E-state index contributed by atoms with van der Waals surface area (Å²) in [6, 6.07) is -1.39. The lowest BCUT2D eigenvalue weighted by Gasteiger charge is -2.27. The predicted molar refractivity (Wildman–Crippen MR) is 75.1 cm³/mol. The number of likely N-dealkylation sites (N-methyl/N-ethyl adjacent to an activating group) is 2. The molecule has 0 bridgehead atoms. The summed E-state index contributed by atoms with van der Waals surface area (Å²) in [5, 5.41) is 20.0. The number of carboxylic acids is 2. The number of carboxylic acid groups (broad SMARTS) is 2. The molecule has 2 atom stereocenters. The predicted octanol–water partition coefficient (Wildman–Crippen LogP) is 0.0400. The van der Waals surface area contributed by atoms with Gasteiger partial charge in [-0.15, -0.1) is 0 Å². The fraction of sp³-hybridized carbons (Fsp3) is 0.769. The Hall–Kier alpha value is -1.83. The second kappa shape index (κ2) is 7.82. The minimum atomic E-state index is -1.23. The Labute approximate surface area is 123 Å². The molecule has 8 nitrogen and oxygen atoms in total. The van der Waals surface area contributed by atoms with Crippen LogP contribution in [0.2, 0.25) is 0 Å². The molecule has 0 aromatic heterocycles. The molecule has 0 spiro atoms. The molecule has 1 saturated heterocycles. The van der Waals surface area contributed by atoms with Crippen molar-refractivity contribution in [1.82, 2.24) is 15.1 Å². The van der Waals surface area contributed by atoms with Crippen molar-refractivity contribution in [3.8, 4) is 0 Å². The third kappa shape index (κ3) is 5.58. The van der Waals surface area contributed by atoms with Crippen LogP contribution in [0.1, 0.15) is 25.7 Å². The number of aliphatic carboxylic acids is 2. The number of nitrogens with zero attached hydrogens (tertiary/aromatic N) is 2. The highest BCUT2D eigenvalue weighted by Gasteiger charge is 2.26. The van der Waals surface area contributed by atoms with E-state index in [2.05, 4.69) is 10.2 Å². The molecule has 1 aliphatic heterocycles. The fourth-order valence-electron chi connectivity index (χ4n) is 2.39. The lowest BCUT2D eigenvalue weighted by Crippen LogP contribution is -2.49. The minimum Gasteiger partial charge on any atom is -0.481 e. The zero-order chi connectivity index (χ0) is 16.0. The SMILES string of the molecule is CN(CC1CCCN1C)C(=O)NC(CCC(=O)O)C(=O)O. The molecule has 2 amide bonds. The van der Waals surface area contributed by atoms with Crippen LogP contribution in [-0.2, 0) is 9.59 Å². The maximum absolute atomic E-state index is 12.0. The Kier molecular flexibility index (Phi) is 6.41. The number of carbonyl (C=O) groups is 3. The molecule has 2 unspecified atom stereocenters. The van der Waals surface area contributed by atoms with Gasteiger partial charge in [-0.1, -0.05) is 0 Å². The lowest BCUT2D eigenvalue weighted by atomic mass is 10.1. The molecule has 0 radical (unpaired) electrons. The van der Waals surface area contributed by atoms with Gasteiger partial charge in [0.2, 0.25) is 0 Å². The van der Waals surface area contributed by atoms with E-state index < -0.39 is 24.0 Å². The molecule has 8 heteroatoms. The van der Waals surface area contributed by atoms with Gasteiger partial charge in [-0.3, -0.25) is 4.79 Å². The first-order valence-corrected chi connectivity index (χ1v) is 6.97. The molecule has 1 fully saturated rings. The van der Waals surface area contributed by atoms with Crippen molar-refractivity contribution in [2.24, 2.45) is 0 Å². The fourth-order valence-corrected chi connectivity index (χ4v) is 2.39. The van der Waals surface area contributed by atoms with Crippen molar-refractivity contribution < 1.29 is 24.6 Å². The zero-order valence-corrected chi connectivity index (χ0v) is 12.4. The third-order valence-corrected chi connectivity index (χ3v) is 3.75.